The number of fused-ring (bicyclic) bond motifs is 2. The average Bonchev–Trinajstić information content (AvgIpc) is 3.02. The lowest BCUT2D eigenvalue weighted by Crippen LogP contribution is -1.98. The number of ether oxygens (including phenoxy) is 1. The Morgan fingerprint density at radius 1 is 1.14 bits per heavy atom. The van der Waals surface area contributed by atoms with Crippen molar-refractivity contribution >= 4 is 17.1 Å². The van der Waals surface area contributed by atoms with Crippen molar-refractivity contribution in [2.75, 3.05) is 7.11 Å². The molecular formula is C18H15N3O. The van der Waals surface area contributed by atoms with Gasteiger partial charge in [-0.3, -0.25) is 0 Å². The van der Waals surface area contributed by atoms with Gasteiger partial charge in [0.05, 0.1) is 12.8 Å². The maximum atomic E-state index is 5.15. The molecule has 1 aromatic carbocycles. The Bertz CT molecular complexity index is 887. The fourth-order valence-electron chi connectivity index (χ4n) is 2.83. The highest BCUT2D eigenvalue weighted by Gasteiger charge is 2.10. The van der Waals surface area contributed by atoms with E-state index in [0.29, 0.717) is 11.5 Å². The monoisotopic (exact) mass is 289 g/mol. The summed E-state index contributed by atoms with van der Waals surface area (Å²) in [7, 11) is 1.61. The summed E-state index contributed by atoms with van der Waals surface area (Å²) >= 11 is 0. The molecule has 0 atom stereocenters. The Labute approximate surface area is 128 Å². The van der Waals surface area contributed by atoms with Gasteiger partial charge in [0.2, 0.25) is 5.88 Å². The normalized spacial score (nSPS) is 12.6. The van der Waals surface area contributed by atoms with Gasteiger partial charge in [-0.2, -0.15) is 4.98 Å². The summed E-state index contributed by atoms with van der Waals surface area (Å²) in [5.41, 5.74) is 5.62. The van der Waals surface area contributed by atoms with Crippen LogP contribution in [0.4, 0.5) is 0 Å². The molecule has 0 fully saturated rings. The van der Waals surface area contributed by atoms with Gasteiger partial charge in [0.25, 0.3) is 0 Å². The van der Waals surface area contributed by atoms with Crippen LogP contribution in [-0.4, -0.2) is 22.1 Å². The molecule has 0 saturated carbocycles. The summed E-state index contributed by atoms with van der Waals surface area (Å²) in [6.45, 7) is 0. The molecular weight excluding hydrogens is 274 g/mol. The van der Waals surface area contributed by atoms with Crippen molar-refractivity contribution in [2.24, 2.45) is 0 Å². The molecule has 4 heteroatoms. The number of pyridine rings is 1. The number of rotatable bonds is 3. The van der Waals surface area contributed by atoms with E-state index in [4.69, 9.17) is 4.74 Å². The Kier molecular flexibility index (Phi) is 3.07. The lowest BCUT2D eigenvalue weighted by atomic mass is 10.0. The van der Waals surface area contributed by atoms with Crippen molar-refractivity contribution in [2.45, 2.75) is 12.8 Å². The van der Waals surface area contributed by atoms with Gasteiger partial charge >= 0.3 is 0 Å². The van der Waals surface area contributed by atoms with Gasteiger partial charge in [-0.1, -0.05) is 30.4 Å². The van der Waals surface area contributed by atoms with E-state index in [9.17, 15) is 0 Å². The maximum Gasteiger partial charge on any atom is 0.215 e. The SMILES string of the molecule is COc1ccc2c(Cc3ccc4c(c3)C=CC4)ncnc2n1. The second-order valence-electron chi connectivity index (χ2n) is 5.36. The van der Waals surface area contributed by atoms with Crippen LogP contribution in [0.5, 0.6) is 5.88 Å². The zero-order valence-electron chi connectivity index (χ0n) is 12.3. The van der Waals surface area contributed by atoms with E-state index < -0.39 is 0 Å². The Morgan fingerprint density at radius 3 is 3.00 bits per heavy atom. The first-order valence-corrected chi connectivity index (χ1v) is 7.26. The van der Waals surface area contributed by atoms with E-state index in [1.165, 1.54) is 16.7 Å². The summed E-state index contributed by atoms with van der Waals surface area (Å²) in [6, 6.07) is 10.4. The molecule has 3 aromatic rings. The second kappa shape index (κ2) is 5.22. The lowest BCUT2D eigenvalue weighted by Gasteiger charge is -2.07. The second-order valence-corrected chi connectivity index (χ2v) is 5.36. The number of allylic oxidation sites excluding steroid dienone is 1. The van der Waals surface area contributed by atoms with Crippen molar-refractivity contribution in [1.82, 2.24) is 15.0 Å². The van der Waals surface area contributed by atoms with Crippen molar-refractivity contribution in [1.29, 1.82) is 0 Å². The zero-order valence-corrected chi connectivity index (χ0v) is 12.3. The minimum Gasteiger partial charge on any atom is -0.481 e. The van der Waals surface area contributed by atoms with Crippen LogP contribution >= 0.6 is 0 Å². The standard InChI is InChI=1S/C18H15N3O/c1-22-17-8-7-15-16(19-11-20-18(15)21-17)10-12-5-6-13-3-2-4-14(13)9-12/h2,4-9,11H,3,10H2,1H3. The number of benzene rings is 1. The molecule has 1 aliphatic carbocycles. The van der Waals surface area contributed by atoms with E-state index in [2.05, 4.69) is 45.3 Å². The molecule has 0 aliphatic heterocycles. The molecule has 0 bridgehead atoms. The third-order valence-electron chi connectivity index (χ3n) is 3.98. The molecule has 108 valence electrons. The molecule has 2 heterocycles. The third kappa shape index (κ3) is 2.22. The van der Waals surface area contributed by atoms with Crippen LogP contribution in [0.15, 0.2) is 42.7 Å². The van der Waals surface area contributed by atoms with Gasteiger partial charge in [-0.05, 0) is 29.2 Å². The molecule has 22 heavy (non-hydrogen) atoms. The highest BCUT2D eigenvalue weighted by molar-refractivity contribution is 5.78. The zero-order chi connectivity index (χ0) is 14.9. The molecule has 0 N–H and O–H groups in total. The Morgan fingerprint density at radius 2 is 2.09 bits per heavy atom. The fraction of sp³-hybridized carbons (Fsp3) is 0.167. The molecule has 0 radical (unpaired) electrons. The van der Waals surface area contributed by atoms with Crippen molar-refractivity contribution in [3.05, 3.63) is 65.1 Å². The topological polar surface area (TPSA) is 47.9 Å². The molecule has 0 unspecified atom stereocenters. The molecule has 0 saturated heterocycles. The van der Waals surface area contributed by atoms with Gasteiger partial charge < -0.3 is 4.74 Å². The summed E-state index contributed by atoms with van der Waals surface area (Å²) in [5, 5.41) is 0.972. The summed E-state index contributed by atoms with van der Waals surface area (Å²) in [5.74, 6) is 0.569. The smallest absolute Gasteiger partial charge is 0.215 e. The van der Waals surface area contributed by atoms with Crippen molar-refractivity contribution < 1.29 is 4.74 Å². The molecule has 0 amide bonds. The highest BCUT2D eigenvalue weighted by atomic mass is 16.5. The van der Waals surface area contributed by atoms with E-state index in [0.717, 1.165) is 23.9 Å². The van der Waals surface area contributed by atoms with Crippen molar-refractivity contribution in [3.8, 4) is 5.88 Å². The first-order chi connectivity index (χ1) is 10.8. The molecule has 2 aromatic heterocycles. The Balaban J connectivity index is 1.73. The molecule has 0 spiro atoms. The van der Waals surface area contributed by atoms with E-state index in [1.807, 2.05) is 12.1 Å². The Hall–Kier alpha value is -2.75. The van der Waals surface area contributed by atoms with E-state index in [-0.39, 0.29) is 0 Å². The largest absolute Gasteiger partial charge is 0.481 e. The predicted molar refractivity (Wildman–Crippen MR) is 85.9 cm³/mol. The van der Waals surface area contributed by atoms with E-state index >= 15 is 0 Å². The first-order valence-electron chi connectivity index (χ1n) is 7.26. The van der Waals surface area contributed by atoms with Gasteiger partial charge in [0, 0.05) is 17.9 Å². The van der Waals surface area contributed by atoms with Crippen molar-refractivity contribution in [3.63, 3.8) is 0 Å². The average molecular weight is 289 g/mol. The fourth-order valence-corrected chi connectivity index (χ4v) is 2.83. The number of aromatic nitrogens is 3. The maximum absolute atomic E-state index is 5.15. The minimum absolute atomic E-state index is 0.569. The molecule has 4 nitrogen and oxygen atoms in total. The van der Waals surface area contributed by atoms with Gasteiger partial charge in [0.15, 0.2) is 5.65 Å². The highest BCUT2D eigenvalue weighted by Crippen LogP contribution is 2.24. The minimum atomic E-state index is 0.569. The predicted octanol–water partition coefficient (Wildman–Crippen LogP) is 3.19. The first kappa shape index (κ1) is 13.0. The van der Waals surface area contributed by atoms with Gasteiger partial charge in [0.1, 0.15) is 6.33 Å². The summed E-state index contributed by atoms with van der Waals surface area (Å²) < 4.78 is 5.15. The number of methoxy groups -OCH3 is 1. The van der Waals surface area contributed by atoms with E-state index in [1.54, 1.807) is 13.4 Å². The quantitative estimate of drug-likeness (QED) is 0.743. The van der Waals surface area contributed by atoms with Gasteiger partial charge in [-0.25, -0.2) is 9.97 Å². The van der Waals surface area contributed by atoms with Crippen LogP contribution in [0, 0.1) is 0 Å². The summed E-state index contributed by atoms with van der Waals surface area (Å²) in [4.78, 5) is 13.0. The molecule has 1 aliphatic rings. The number of hydrogen-bond donors (Lipinski definition) is 0. The van der Waals surface area contributed by atoms with Crippen LogP contribution in [-0.2, 0) is 12.8 Å². The number of nitrogens with zero attached hydrogens (tertiary/aromatic N) is 3. The van der Waals surface area contributed by atoms with Crippen LogP contribution < -0.4 is 4.74 Å². The number of hydrogen-bond acceptors (Lipinski definition) is 4. The lowest BCUT2D eigenvalue weighted by molar-refractivity contribution is 0.399. The third-order valence-corrected chi connectivity index (χ3v) is 3.98. The van der Waals surface area contributed by atoms with Crippen LogP contribution in [0.1, 0.15) is 22.4 Å². The van der Waals surface area contributed by atoms with Crippen LogP contribution in [0.3, 0.4) is 0 Å². The van der Waals surface area contributed by atoms with Crippen LogP contribution in [0.25, 0.3) is 17.1 Å². The van der Waals surface area contributed by atoms with Crippen LogP contribution in [0.2, 0.25) is 0 Å². The summed E-state index contributed by atoms with van der Waals surface area (Å²) in [6.07, 6.45) is 7.76. The molecule has 4 rings (SSSR count). The van der Waals surface area contributed by atoms with Gasteiger partial charge in [-0.15, -0.1) is 0 Å².